The summed E-state index contributed by atoms with van der Waals surface area (Å²) in [5, 5.41) is 15.2. The third-order valence-electron chi connectivity index (χ3n) is 6.21. The maximum absolute atomic E-state index is 14.5. The molecule has 0 fully saturated rings. The maximum atomic E-state index is 14.5. The molecule has 220 valence electrons. The Bertz CT molecular complexity index is 1740. The number of rotatable bonds is 8. The molecule has 3 aromatic heterocycles. The highest BCUT2D eigenvalue weighted by atomic mass is 35.5. The minimum Gasteiger partial charge on any atom is -0.480 e. The number of hydrogen-bond acceptors (Lipinski definition) is 8. The molecule has 0 bridgehead atoms. The summed E-state index contributed by atoms with van der Waals surface area (Å²) in [6.07, 6.45) is -5.61. The van der Waals surface area contributed by atoms with Gasteiger partial charge in [0, 0.05) is 27.7 Å². The van der Waals surface area contributed by atoms with Gasteiger partial charge in [-0.1, -0.05) is 41.9 Å². The van der Waals surface area contributed by atoms with Crippen molar-refractivity contribution in [1.29, 1.82) is 0 Å². The molecule has 0 spiro atoms. The fraction of sp³-hybridized carbons (Fsp3) is 0.185. The zero-order valence-corrected chi connectivity index (χ0v) is 24.1. The number of benzene rings is 2. The molecule has 0 saturated carbocycles. The van der Waals surface area contributed by atoms with E-state index in [4.69, 9.17) is 32.9 Å². The minimum atomic E-state index is -4.84. The summed E-state index contributed by atoms with van der Waals surface area (Å²) in [5.41, 5.74) is 14.3. The second kappa shape index (κ2) is 12.1. The Morgan fingerprint density at radius 3 is 2.50 bits per heavy atom. The van der Waals surface area contributed by atoms with Crippen LogP contribution in [0.1, 0.15) is 22.9 Å². The number of ether oxygens (including phenoxy) is 1. The fourth-order valence-corrected chi connectivity index (χ4v) is 5.37. The van der Waals surface area contributed by atoms with E-state index in [1.165, 1.54) is 29.1 Å². The summed E-state index contributed by atoms with van der Waals surface area (Å²) < 4.78 is 50.8. The summed E-state index contributed by atoms with van der Waals surface area (Å²) in [6, 6.07) is 11.5. The molecule has 0 aliphatic rings. The van der Waals surface area contributed by atoms with Gasteiger partial charge in [-0.05, 0) is 42.7 Å². The first kappa shape index (κ1) is 31.0. The van der Waals surface area contributed by atoms with Gasteiger partial charge in [-0.3, -0.25) is 4.79 Å². The van der Waals surface area contributed by atoms with Gasteiger partial charge in [0.1, 0.15) is 10.7 Å². The second-order valence-electron chi connectivity index (χ2n) is 9.20. The van der Waals surface area contributed by atoms with E-state index in [-0.39, 0.29) is 51.6 Å². The van der Waals surface area contributed by atoms with Crippen molar-refractivity contribution in [2.75, 3.05) is 5.73 Å². The van der Waals surface area contributed by atoms with Gasteiger partial charge in [0.15, 0.2) is 0 Å². The Morgan fingerprint density at radius 2 is 1.88 bits per heavy atom. The Balaban J connectivity index is 0.00000405. The topological polar surface area (TPSA) is 142 Å². The van der Waals surface area contributed by atoms with Gasteiger partial charge in [-0.2, -0.15) is 23.3 Å². The monoisotopic (exact) mass is 638 g/mol. The molecular weight excluding hydrogens is 616 g/mol. The van der Waals surface area contributed by atoms with Crippen molar-refractivity contribution in [3.05, 3.63) is 82.0 Å². The van der Waals surface area contributed by atoms with Crippen LogP contribution in [0.5, 0.6) is 5.88 Å². The van der Waals surface area contributed by atoms with E-state index >= 15 is 0 Å². The van der Waals surface area contributed by atoms with Gasteiger partial charge in [0.05, 0.1) is 16.9 Å². The fourth-order valence-electron chi connectivity index (χ4n) is 4.26. The molecular formula is C27H23Cl2F3N6O3S. The van der Waals surface area contributed by atoms with Gasteiger partial charge in [-0.15, -0.1) is 23.7 Å². The van der Waals surface area contributed by atoms with Gasteiger partial charge < -0.3 is 21.3 Å². The molecule has 2 unspecified atom stereocenters. The van der Waals surface area contributed by atoms with Crippen LogP contribution >= 0.6 is 35.3 Å². The number of carboxylic acid groups (broad SMARTS) is 1. The quantitative estimate of drug-likeness (QED) is 0.184. The number of hydrogen-bond donors (Lipinski definition) is 3. The molecule has 15 heteroatoms. The van der Waals surface area contributed by atoms with Crippen molar-refractivity contribution in [1.82, 2.24) is 19.7 Å². The predicted octanol–water partition coefficient (Wildman–Crippen LogP) is 6.15. The average molecular weight is 639 g/mol. The number of thiophene rings is 1. The zero-order valence-electron chi connectivity index (χ0n) is 21.7. The number of alkyl halides is 3. The lowest BCUT2D eigenvalue weighted by molar-refractivity contribution is -0.198. The molecule has 0 aliphatic carbocycles. The smallest absolute Gasteiger partial charge is 0.429 e. The number of nitrogens with zero attached hydrogens (tertiary/aromatic N) is 4. The standard InChI is InChI=1S/C27H22ClF3N6O3S.ClH/c1-13-8-9-37(36-13)20-11-16(28)6-7-17(20)23(27(29,30)31)40-24-22-21(34-26(33)35-24)18(12-41-22)15-4-2-14(3-5-15)10-19(32)25(38)39;/h2-9,11-12,19,23H,10,32H2,1H3,(H,38,39)(H2,33,34,35);1H. The Morgan fingerprint density at radius 1 is 1.17 bits per heavy atom. The molecule has 9 nitrogen and oxygen atoms in total. The van der Waals surface area contributed by atoms with Crippen molar-refractivity contribution < 1.29 is 27.8 Å². The van der Waals surface area contributed by atoms with Crippen LogP contribution in [0.25, 0.3) is 27.0 Å². The van der Waals surface area contributed by atoms with Crippen LogP contribution in [0.15, 0.2) is 60.1 Å². The molecule has 5 N–H and O–H groups in total. The number of aryl methyl sites for hydroxylation is 1. The Kier molecular flexibility index (Phi) is 8.97. The summed E-state index contributed by atoms with van der Waals surface area (Å²) in [4.78, 5) is 19.3. The zero-order chi connectivity index (χ0) is 29.5. The largest absolute Gasteiger partial charge is 0.480 e. The van der Waals surface area contributed by atoms with Crippen LogP contribution in [-0.4, -0.2) is 43.0 Å². The number of halogens is 5. The van der Waals surface area contributed by atoms with Gasteiger partial charge >= 0.3 is 12.1 Å². The molecule has 3 heterocycles. The molecule has 2 aromatic carbocycles. The predicted molar refractivity (Wildman–Crippen MR) is 157 cm³/mol. The number of carboxylic acids is 1. The van der Waals surface area contributed by atoms with Crippen molar-refractivity contribution in [3.63, 3.8) is 0 Å². The molecule has 2 atom stereocenters. The molecule has 0 amide bonds. The van der Waals surface area contributed by atoms with Crippen LogP contribution < -0.4 is 16.2 Å². The van der Waals surface area contributed by atoms with Crippen LogP contribution in [0, 0.1) is 6.92 Å². The second-order valence-corrected chi connectivity index (χ2v) is 10.5. The third-order valence-corrected chi connectivity index (χ3v) is 7.40. The summed E-state index contributed by atoms with van der Waals surface area (Å²) >= 11 is 7.24. The first-order chi connectivity index (χ1) is 19.4. The number of anilines is 1. The molecule has 0 aliphatic heterocycles. The first-order valence-electron chi connectivity index (χ1n) is 12.1. The molecule has 5 rings (SSSR count). The lowest BCUT2D eigenvalue weighted by atomic mass is 10.0. The van der Waals surface area contributed by atoms with Crippen LogP contribution in [0.3, 0.4) is 0 Å². The van der Waals surface area contributed by atoms with Gasteiger partial charge in [0.25, 0.3) is 0 Å². The lowest BCUT2D eigenvalue weighted by Gasteiger charge is -2.24. The van der Waals surface area contributed by atoms with E-state index in [1.54, 1.807) is 42.6 Å². The van der Waals surface area contributed by atoms with E-state index in [1.807, 2.05) is 0 Å². The number of carbonyl (C=O) groups is 1. The highest BCUT2D eigenvalue weighted by molar-refractivity contribution is 7.18. The lowest BCUT2D eigenvalue weighted by Crippen LogP contribution is -2.32. The Labute approximate surface area is 252 Å². The van der Waals surface area contributed by atoms with Gasteiger partial charge in [0.2, 0.25) is 17.9 Å². The average Bonchev–Trinajstić information content (AvgIpc) is 3.53. The van der Waals surface area contributed by atoms with Crippen LogP contribution in [-0.2, 0) is 11.2 Å². The number of aromatic nitrogens is 4. The van der Waals surface area contributed by atoms with E-state index in [0.29, 0.717) is 27.9 Å². The minimum absolute atomic E-state index is 0. The molecule has 5 aromatic rings. The SMILES string of the molecule is Cc1ccn(-c2cc(Cl)ccc2C(Oc2nc(N)nc3c(-c4ccc(CC(N)C(=O)O)cc4)csc23)C(F)(F)F)n1.Cl. The van der Waals surface area contributed by atoms with Crippen molar-refractivity contribution in [3.8, 4) is 22.7 Å². The number of nitrogens with two attached hydrogens (primary N) is 2. The normalized spacial score (nSPS) is 13.0. The van der Waals surface area contributed by atoms with E-state index < -0.39 is 24.3 Å². The number of aliphatic carboxylic acids is 1. The van der Waals surface area contributed by atoms with E-state index in [2.05, 4.69) is 15.1 Å². The van der Waals surface area contributed by atoms with E-state index in [9.17, 15) is 18.0 Å². The van der Waals surface area contributed by atoms with Crippen LogP contribution in [0.2, 0.25) is 5.02 Å². The highest BCUT2D eigenvalue weighted by Gasteiger charge is 2.45. The number of nitrogen functional groups attached to an aromatic ring is 1. The third kappa shape index (κ3) is 6.44. The van der Waals surface area contributed by atoms with Crippen molar-refractivity contribution in [2.45, 2.75) is 31.7 Å². The van der Waals surface area contributed by atoms with Crippen molar-refractivity contribution >= 4 is 57.5 Å². The number of fused-ring (bicyclic) bond motifs is 1. The summed E-state index contributed by atoms with van der Waals surface area (Å²) in [5.74, 6) is -1.70. The van der Waals surface area contributed by atoms with Gasteiger partial charge in [-0.25, -0.2) is 9.67 Å². The van der Waals surface area contributed by atoms with E-state index in [0.717, 1.165) is 11.3 Å². The Hall–Kier alpha value is -3.91. The molecule has 0 saturated heterocycles. The summed E-state index contributed by atoms with van der Waals surface area (Å²) in [7, 11) is 0. The van der Waals surface area contributed by atoms with Crippen LogP contribution in [0.4, 0.5) is 19.1 Å². The molecule has 42 heavy (non-hydrogen) atoms. The first-order valence-corrected chi connectivity index (χ1v) is 13.3. The highest BCUT2D eigenvalue weighted by Crippen LogP contribution is 2.43. The maximum Gasteiger partial charge on any atom is 0.429 e. The molecule has 0 radical (unpaired) electrons. The van der Waals surface area contributed by atoms with Crippen molar-refractivity contribution in [2.24, 2.45) is 5.73 Å². The summed E-state index contributed by atoms with van der Waals surface area (Å²) in [6.45, 7) is 1.71.